The summed E-state index contributed by atoms with van der Waals surface area (Å²) in [7, 11) is -2.07. The molecule has 3 aromatic rings. The number of thiazole rings is 1. The van der Waals surface area contributed by atoms with Crippen LogP contribution in [0, 0.1) is 11.6 Å². The molecule has 1 aromatic heterocycles. The quantitative estimate of drug-likeness (QED) is 0.524. The molecule has 1 aliphatic rings. The van der Waals surface area contributed by atoms with E-state index in [4.69, 9.17) is 0 Å². The number of amides is 1. The lowest BCUT2D eigenvalue weighted by Gasteiger charge is -2.16. The zero-order chi connectivity index (χ0) is 22.3. The molecule has 6 nitrogen and oxygen atoms in total. The van der Waals surface area contributed by atoms with E-state index in [1.54, 1.807) is 7.05 Å². The summed E-state index contributed by atoms with van der Waals surface area (Å²) in [4.78, 5) is 17.0. The van der Waals surface area contributed by atoms with Crippen LogP contribution in [0.1, 0.15) is 23.2 Å². The van der Waals surface area contributed by atoms with Crippen LogP contribution in [-0.2, 0) is 16.6 Å². The van der Waals surface area contributed by atoms with Crippen LogP contribution in [0.15, 0.2) is 58.9 Å². The van der Waals surface area contributed by atoms with Gasteiger partial charge >= 0.3 is 0 Å². The molecule has 1 aliphatic carbocycles. The van der Waals surface area contributed by atoms with Crippen molar-refractivity contribution in [2.45, 2.75) is 30.3 Å². The summed E-state index contributed by atoms with van der Waals surface area (Å²) in [6.07, 6.45) is 3.21. The first-order valence-corrected chi connectivity index (χ1v) is 11.7. The summed E-state index contributed by atoms with van der Waals surface area (Å²) in [6.45, 7) is 3.81. The van der Waals surface area contributed by atoms with E-state index in [0.717, 1.165) is 30.2 Å². The van der Waals surface area contributed by atoms with Gasteiger partial charge in [-0.3, -0.25) is 4.79 Å². The van der Waals surface area contributed by atoms with Crippen molar-refractivity contribution in [1.82, 2.24) is 8.87 Å². The Morgan fingerprint density at radius 1 is 1.29 bits per heavy atom. The van der Waals surface area contributed by atoms with Crippen LogP contribution in [0.25, 0.3) is 10.2 Å². The Morgan fingerprint density at radius 3 is 2.58 bits per heavy atom. The number of carbonyl (C=O) groups is 1. The number of aromatic nitrogens is 1. The average Bonchev–Trinajstić information content (AvgIpc) is 3.51. The molecule has 162 valence electrons. The minimum absolute atomic E-state index is 0.0276. The third-order valence-electron chi connectivity index (χ3n) is 5.04. The molecule has 0 unspecified atom stereocenters. The van der Waals surface area contributed by atoms with E-state index in [9.17, 15) is 22.0 Å². The fourth-order valence-corrected chi connectivity index (χ4v) is 5.73. The summed E-state index contributed by atoms with van der Waals surface area (Å²) >= 11 is 0.982. The number of nitrogens with zero attached hydrogens (tertiary/aromatic N) is 3. The molecule has 4 rings (SSSR count). The van der Waals surface area contributed by atoms with Crippen molar-refractivity contribution in [3.05, 3.63) is 71.1 Å². The number of hydrogen-bond donors (Lipinski definition) is 0. The monoisotopic (exact) mass is 463 g/mol. The van der Waals surface area contributed by atoms with E-state index >= 15 is 0 Å². The Labute approximate surface area is 181 Å². The van der Waals surface area contributed by atoms with Gasteiger partial charge in [-0.15, -0.1) is 6.58 Å². The topological polar surface area (TPSA) is 71.7 Å². The lowest BCUT2D eigenvalue weighted by molar-refractivity contribution is 0.0997. The largest absolute Gasteiger partial charge is 0.310 e. The first-order chi connectivity index (χ1) is 14.7. The summed E-state index contributed by atoms with van der Waals surface area (Å²) in [5, 5.41) is 0. The standard InChI is InChI=1S/C21H19F2N3O3S2/c1-3-10-26-19-17(23)11-14(22)12-18(19)30-21(26)24-20(27)13-4-8-16(9-5-13)31(28,29)25(2)15-6-7-15/h3-5,8-9,11-12,15H,1,6-7,10H2,2H3. The highest BCUT2D eigenvalue weighted by Gasteiger charge is 2.35. The first kappa shape index (κ1) is 21.5. The molecular formula is C21H19F2N3O3S2. The molecule has 0 saturated heterocycles. The SMILES string of the molecule is C=CCn1c(=NC(=O)c2ccc(S(=O)(=O)N(C)C3CC3)cc2)sc2cc(F)cc(F)c21. The molecule has 1 fully saturated rings. The summed E-state index contributed by atoms with van der Waals surface area (Å²) in [5.74, 6) is -2.09. The molecule has 0 spiro atoms. The fourth-order valence-electron chi connectivity index (χ4n) is 3.23. The van der Waals surface area contributed by atoms with Gasteiger partial charge in [0.05, 0.1) is 15.1 Å². The van der Waals surface area contributed by atoms with Crippen molar-refractivity contribution in [2.75, 3.05) is 7.05 Å². The van der Waals surface area contributed by atoms with Crippen LogP contribution in [0.5, 0.6) is 0 Å². The molecule has 1 saturated carbocycles. The Kier molecular flexibility index (Phi) is 5.63. The van der Waals surface area contributed by atoms with Crippen molar-refractivity contribution >= 4 is 37.5 Å². The highest BCUT2D eigenvalue weighted by atomic mass is 32.2. The molecule has 1 amide bonds. The maximum absolute atomic E-state index is 14.3. The molecule has 31 heavy (non-hydrogen) atoms. The zero-order valence-electron chi connectivity index (χ0n) is 16.6. The number of carbonyl (C=O) groups excluding carboxylic acids is 1. The fraction of sp³-hybridized carbons (Fsp3) is 0.238. The van der Waals surface area contributed by atoms with Crippen LogP contribution in [0.4, 0.5) is 8.78 Å². The predicted octanol–water partition coefficient (Wildman–Crippen LogP) is 3.69. The average molecular weight is 464 g/mol. The van der Waals surface area contributed by atoms with Crippen molar-refractivity contribution in [1.29, 1.82) is 0 Å². The van der Waals surface area contributed by atoms with E-state index < -0.39 is 27.6 Å². The van der Waals surface area contributed by atoms with E-state index in [1.807, 2.05) is 0 Å². The Bertz CT molecular complexity index is 1360. The number of halogens is 2. The first-order valence-electron chi connectivity index (χ1n) is 9.49. The molecule has 10 heteroatoms. The summed E-state index contributed by atoms with van der Waals surface area (Å²) in [5.41, 5.74) is 0.324. The number of allylic oxidation sites excluding steroid dienone is 1. The van der Waals surface area contributed by atoms with Gasteiger partial charge in [0.25, 0.3) is 5.91 Å². The van der Waals surface area contributed by atoms with Crippen molar-refractivity contribution in [3.63, 3.8) is 0 Å². The van der Waals surface area contributed by atoms with E-state index in [0.29, 0.717) is 4.70 Å². The van der Waals surface area contributed by atoms with Gasteiger partial charge in [-0.2, -0.15) is 9.30 Å². The normalized spacial score (nSPS) is 15.0. The molecule has 1 heterocycles. The van der Waals surface area contributed by atoms with Gasteiger partial charge in [0, 0.05) is 31.3 Å². The third kappa shape index (κ3) is 4.10. The Balaban J connectivity index is 1.70. The van der Waals surface area contributed by atoms with E-state index in [1.165, 1.54) is 45.3 Å². The molecule has 0 aliphatic heterocycles. The third-order valence-corrected chi connectivity index (χ3v) is 7.99. The second-order valence-corrected chi connectivity index (χ2v) is 10.2. The summed E-state index contributed by atoms with van der Waals surface area (Å²) in [6, 6.07) is 7.51. The number of sulfonamides is 1. The Morgan fingerprint density at radius 2 is 1.97 bits per heavy atom. The summed E-state index contributed by atoms with van der Waals surface area (Å²) < 4.78 is 56.2. The van der Waals surface area contributed by atoms with Crippen LogP contribution < -0.4 is 4.80 Å². The molecule has 0 radical (unpaired) electrons. The van der Waals surface area contributed by atoms with Crippen LogP contribution in [0.2, 0.25) is 0 Å². The number of rotatable bonds is 6. The van der Waals surface area contributed by atoms with E-state index in [-0.39, 0.29) is 33.4 Å². The van der Waals surface area contributed by atoms with Crippen molar-refractivity contribution in [3.8, 4) is 0 Å². The second kappa shape index (κ2) is 8.10. The van der Waals surface area contributed by atoms with Crippen LogP contribution in [0.3, 0.4) is 0 Å². The van der Waals surface area contributed by atoms with Gasteiger partial charge in [-0.25, -0.2) is 17.2 Å². The predicted molar refractivity (Wildman–Crippen MR) is 114 cm³/mol. The van der Waals surface area contributed by atoms with Gasteiger partial charge in [0.15, 0.2) is 10.6 Å². The second-order valence-electron chi connectivity index (χ2n) is 7.21. The zero-order valence-corrected chi connectivity index (χ0v) is 18.2. The lowest BCUT2D eigenvalue weighted by Crippen LogP contribution is -2.28. The van der Waals surface area contributed by atoms with Gasteiger partial charge in [-0.1, -0.05) is 17.4 Å². The number of benzene rings is 2. The molecular weight excluding hydrogens is 444 g/mol. The minimum atomic E-state index is -3.62. The minimum Gasteiger partial charge on any atom is -0.310 e. The highest BCUT2D eigenvalue weighted by molar-refractivity contribution is 7.89. The number of fused-ring (bicyclic) bond motifs is 1. The number of hydrogen-bond acceptors (Lipinski definition) is 4. The van der Waals surface area contributed by atoms with Crippen molar-refractivity contribution in [2.24, 2.45) is 4.99 Å². The van der Waals surface area contributed by atoms with Crippen LogP contribution in [-0.4, -0.2) is 36.3 Å². The highest BCUT2D eigenvalue weighted by Crippen LogP contribution is 2.30. The molecule has 0 N–H and O–H groups in total. The van der Waals surface area contributed by atoms with E-state index in [2.05, 4.69) is 11.6 Å². The Hall–Kier alpha value is -2.69. The maximum Gasteiger partial charge on any atom is 0.279 e. The van der Waals surface area contributed by atoms with Gasteiger partial charge in [0.1, 0.15) is 5.82 Å². The van der Waals surface area contributed by atoms with Crippen LogP contribution >= 0.6 is 11.3 Å². The smallest absolute Gasteiger partial charge is 0.279 e. The van der Waals surface area contributed by atoms with Crippen molar-refractivity contribution < 1.29 is 22.0 Å². The van der Waals surface area contributed by atoms with Gasteiger partial charge < -0.3 is 4.57 Å². The molecule has 2 aromatic carbocycles. The lowest BCUT2D eigenvalue weighted by atomic mass is 10.2. The maximum atomic E-state index is 14.3. The molecule has 0 atom stereocenters. The van der Waals surface area contributed by atoms with Gasteiger partial charge in [0.2, 0.25) is 10.0 Å². The van der Waals surface area contributed by atoms with Gasteiger partial charge in [-0.05, 0) is 43.2 Å². The molecule has 0 bridgehead atoms.